The van der Waals surface area contributed by atoms with Gasteiger partial charge in [0.1, 0.15) is 0 Å². The van der Waals surface area contributed by atoms with Gasteiger partial charge in [-0.25, -0.2) is 4.39 Å². The standard InChI is InChI=1S/C9H13FO/c1-5-6-9(8(4)10)11-7(2)3/h5-7H,1,4H2,2-3H3/b9-6+. The van der Waals surface area contributed by atoms with Gasteiger partial charge in [0.25, 0.3) is 0 Å². The number of halogens is 1. The predicted octanol–water partition coefficient (Wildman–Crippen LogP) is 2.96. The lowest BCUT2D eigenvalue weighted by Crippen LogP contribution is -2.02. The molecule has 11 heavy (non-hydrogen) atoms. The summed E-state index contributed by atoms with van der Waals surface area (Å²) >= 11 is 0. The molecule has 62 valence electrons. The van der Waals surface area contributed by atoms with Crippen LogP contribution < -0.4 is 0 Å². The van der Waals surface area contributed by atoms with E-state index >= 15 is 0 Å². The molecule has 2 heteroatoms. The SMILES string of the molecule is C=C/C=C(/OC(C)C)C(=C)F. The Kier molecular flexibility index (Phi) is 4.27. The summed E-state index contributed by atoms with van der Waals surface area (Å²) in [4.78, 5) is 0. The van der Waals surface area contributed by atoms with Crippen LogP contribution in [0.2, 0.25) is 0 Å². The molecular formula is C9H13FO. The molecule has 0 heterocycles. The lowest BCUT2D eigenvalue weighted by atomic mass is 10.4. The Morgan fingerprint density at radius 1 is 1.55 bits per heavy atom. The van der Waals surface area contributed by atoms with Gasteiger partial charge in [0.15, 0.2) is 11.6 Å². The van der Waals surface area contributed by atoms with Crippen molar-refractivity contribution in [2.45, 2.75) is 20.0 Å². The van der Waals surface area contributed by atoms with E-state index in [1.54, 1.807) is 0 Å². The van der Waals surface area contributed by atoms with Gasteiger partial charge < -0.3 is 4.74 Å². The molecule has 0 atom stereocenters. The van der Waals surface area contributed by atoms with Crippen LogP contribution in [0.4, 0.5) is 4.39 Å². The van der Waals surface area contributed by atoms with E-state index in [1.165, 1.54) is 12.2 Å². The van der Waals surface area contributed by atoms with Gasteiger partial charge in [-0.2, -0.15) is 0 Å². The maximum atomic E-state index is 12.5. The Balaban J connectivity index is 4.23. The van der Waals surface area contributed by atoms with Crippen LogP contribution in [0.1, 0.15) is 13.8 Å². The van der Waals surface area contributed by atoms with Gasteiger partial charge >= 0.3 is 0 Å². The van der Waals surface area contributed by atoms with Gasteiger partial charge in [0.05, 0.1) is 6.10 Å². The van der Waals surface area contributed by atoms with Gasteiger partial charge in [-0.05, 0) is 19.9 Å². The van der Waals surface area contributed by atoms with Crippen molar-refractivity contribution in [1.82, 2.24) is 0 Å². The lowest BCUT2D eigenvalue weighted by molar-refractivity contribution is 0.146. The number of hydrogen-bond donors (Lipinski definition) is 0. The van der Waals surface area contributed by atoms with Crippen LogP contribution in [0.5, 0.6) is 0 Å². The Morgan fingerprint density at radius 2 is 2.09 bits per heavy atom. The summed E-state index contributed by atoms with van der Waals surface area (Å²) in [5, 5.41) is 0. The molecule has 0 aromatic carbocycles. The molecule has 0 aliphatic heterocycles. The first-order valence-electron chi connectivity index (χ1n) is 3.42. The zero-order valence-electron chi connectivity index (χ0n) is 6.93. The van der Waals surface area contributed by atoms with Crippen LogP contribution in [-0.4, -0.2) is 6.10 Å². The molecule has 0 aliphatic carbocycles. The second-order valence-electron chi connectivity index (χ2n) is 2.34. The van der Waals surface area contributed by atoms with E-state index in [0.29, 0.717) is 0 Å². The predicted molar refractivity (Wildman–Crippen MR) is 44.7 cm³/mol. The molecule has 0 spiro atoms. The van der Waals surface area contributed by atoms with Gasteiger partial charge in [-0.1, -0.05) is 19.2 Å². The molecule has 0 N–H and O–H groups in total. The van der Waals surface area contributed by atoms with Crippen molar-refractivity contribution in [1.29, 1.82) is 0 Å². The van der Waals surface area contributed by atoms with Crippen LogP contribution in [0, 0.1) is 0 Å². The van der Waals surface area contributed by atoms with Crippen LogP contribution >= 0.6 is 0 Å². The van der Waals surface area contributed by atoms with Gasteiger partial charge in [0, 0.05) is 0 Å². The summed E-state index contributed by atoms with van der Waals surface area (Å²) < 4.78 is 17.5. The van der Waals surface area contributed by atoms with Crippen molar-refractivity contribution >= 4 is 0 Å². The molecule has 1 nitrogen and oxygen atoms in total. The fraction of sp³-hybridized carbons (Fsp3) is 0.333. The Bertz CT molecular complexity index is 180. The fourth-order valence-electron chi connectivity index (χ4n) is 0.555. The molecule has 0 saturated heterocycles. The van der Waals surface area contributed by atoms with E-state index in [0.717, 1.165) is 0 Å². The average molecular weight is 156 g/mol. The summed E-state index contributed by atoms with van der Waals surface area (Å²) in [5.74, 6) is -0.423. The summed E-state index contributed by atoms with van der Waals surface area (Å²) in [7, 11) is 0. The van der Waals surface area contributed by atoms with Crippen LogP contribution in [0.25, 0.3) is 0 Å². The number of hydrogen-bond acceptors (Lipinski definition) is 1. The third-order valence-electron chi connectivity index (χ3n) is 0.899. The fourth-order valence-corrected chi connectivity index (χ4v) is 0.555. The van der Waals surface area contributed by atoms with Gasteiger partial charge in [-0.15, -0.1) is 0 Å². The highest BCUT2D eigenvalue weighted by Crippen LogP contribution is 2.12. The minimum absolute atomic E-state index is 0.0475. The Morgan fingerprint density at radius 3 is 2.36 bits per heavy atom. The van der Waals surface area contributed by atoms with Crippen LogP contribution in [0.15, 0.2) is 36.9 Å². The molecule has 0 aliphatic rings. The van der Waals surface area contributed by atoms with Crippen molar-refractivity contribution < 1.29 is 9.13 Å². The summed E-state index contributed by atoms with van der Waals surface area (Å²) in [6, 6.07) is 0. The topological polar surface area (TPSA) is 9.23 Å². The zero-order chi connectivity index (χ0) is 8.85. The van der Waals surface area contributed by atoms with Crippen LogP contribution in [-0.2, 0) is 4.74 Å². The third-order valence-corrected chi connectivity index (χ3v) is 0.899. The van der Waals surface area contributed by atoms with Crippen molar-refractivity contribution in [3.63, 3.8) is 0 Å². The summed E-state index contributed by atoms with van der Waals surface area (Å²) in [6.45, 7) is 10.2. The minimum atomic E-state index is -0.571. The van der Waals surface area contributed by atoms with Crippen molar-refractivity contribution in [2.75, 3.05) is 0 Å². The second kappa shape index (κ2) is 4.72. The van der Waals surface area contributed by atoms with Crippen molar-refractivity contribution in [2.24, 2.45) is 0 Å². The number of allylic oxidation sites excluding steroid dienone is 3. The smallest absolute Gasteiger partial charge is 0.157 e. The molecule has 0 bridgehead atoms. The molecule has 0 amide bonds. The quantitative estimate of drug-likeness (QED) is 0.449. The molecule has 0 aromatic rings. The molecule has 0 saturated carbocycles. The maximum Gasteiger partial charge on any atom is 0.157 e. The molecular weight excluding hydrogens is 143 g/mol. The molecule has 0 aromatic heterocycles. The molecule has 0 radical (unpaired) electrons. The highest BCUT2D eigenvalue weighted by atomic mass is 19.1. The minimum Gasteiger partial charge on any atom is -0.488 e. The third kappa shape index (κ3) is 4.37. The molecule has 0 unspecified atom stereocenters. The van der Waals surface area contributed by atoms with E-state index in [-0.39, 0.29) is 11.9 Å². The van der Waals surface area contributed by atoms with E-state index in [1.807, 2.05) is 13.8 Å². The first kappa shape index (κ1) is 9.95. The summed E-state index contributed by atoms with van der Waals surface area (Å²) in [6.07, 6.45) is 2.86. The monoisotopic (exact) mass is 156 g/mol. The lowest BCUT2D eigenvalue weighted by Gasteiger charge is -2.10. The average Bonchev–Trinajstić information content (AvgIpc) is 1.86. The Hall–Kier alpha value is -1.05. The van der Waals surface area contributed by atoms with Crippen LogP contribution in [0.3, 0.4) is 0 Å². The first-order chi connectivity index (χ1) is 5.07. The first-order valence-corrected chi connectivity index (χ1v) is 3.42. The molecule has 0 fully saturated rings. The van der Waals surface area contributed by atoms with E-state index in [2.05, 4.69) is 13.2 Å². The number of ether oxygens (including phenoxy) is 1. The summed E-state index contributed by atoms with van der Waals surface area (Å²) in [5.41, 5.74) is 0. The Labute approximate surface area is 66.9 Å². The zero-order valence-corrected chi connectivity index (χ0v) is 6.93. The van der Waals surface area contributed by atoms with Crippen molar-refractivity contribution in [3.8, 4) is 0 Å². The van der Waals surface area contributed by atoms with E-state index in [9.17, 15) is 4.39 Å². The highest BCUT2D eigenvalue weighted by Gasteiger charge is 2.03. The van der Waals surface area contributed by atoms with Gasteiger partial charge in [0.2, 0.25) is 0 Å². The van der Waals surface area contributed by atoms with Gasteiger partial charge in [-0.3, -0.25) is 0 Å². The van der Waals surface area contributed by atoms with E-state index < -0.39 is 5.83 Å². The second-order valence-corrected chi connectivity index (χ2v) is 2.34. The maximum absolute atomic E-state index is 12.5. The molecule has 0 rings (SSSR count). The largest absolute Gasteiger partial charge is 0.488 e. The van der Waals surface area contributed by atoms with E-state index in [4.69, 9.17) is 4.74 Å². The highest BCUT2D eigenvalue weighted by molar-refractivity contribution is 5.20. The number of rotatable bonds is 4. The van der Waals surface area contributed by atoms with Crippen molar-refractivity contribution in [3.05, 3.63) is 36.9 Å². The normalized spacial score (nSPS) is 11.5.